The fourth-order valence-electron chi connectivity index (χ4n) is 1.83. The fraction of sp³-hybridized carbons (Fsp3) is 1.00. The smallest absolute Gasteiger partial charge is 0.0741 e. The summed E-state index contributed by atoms with van der Waals surface area (Å²) in [6.45, 7) is 5.54. The van der Waals surface area contributed by atoms with Crippen molar-refractivity contribution in [1.82, 2.24) is 5.32 Å². The summed E-state index contributed by atoms with van der Waals surface area (Å²) in [5.41, 5.74) is -0.725. The predicted octanol–water partition coefficient (Wildman–Crippen LogP) is 1.04. The van der Waals surface area contributed by atoms with Crippen molar-refractivity contribution in [3.05, 3.63) is 0 Å². The van der Waals surface area contributed by atoms with Crippen molar-refractivity contribution < 1.29 is 10.2 Å². The van der Waals surface area contributed by atoms with Gasteiger partial charge in [-0.2, -0.15) is 0 Å². The molecule has 0 aromatic heterocycles. The molecule has 0 aliphatic heterocycles. The Morgan fingerprint density at radius 2 is 1.86 bits per heavy atom. The van der Waals surface area contributed by atoms with E-state index in [1.165, 1.54) is 6.42 Å². The van der Waals surface area contributed by atoms with Gasteiger partial charge in [0.2, 0.25) is 0 Å². The molecular weight excluding hydrogens is 178 g/mol. The van der Waals surface area contributed by atoms with Crippen LogP contribution in [0.3, 0.4) is 0 Å². The lowest BCUT2D eigenvalue weighted by molar-refractivity contribution is 0.0189. The number of hydrogen-bond donors (Lipinski definition) is 3. The molecule has 3 heteroatoms. The Bertz CT molecular complexity index is 177. The Balaban J connectivity index is 2.42. The fourth-order valence-corrected chi connectivity index (χ4v) is 1.83. The van der Waals surface area contributed by atoms with Crippen molar-refractivity contribution in [2.45, 2.75) is 70.2 Å². The van der Waals surface area contributed by atoms with Gasteiger partial charge in [0.1, 0.15) is 0 Å². The van der Waals surface area contributed by atoms with Crippen molar-refractivity contribution in [2.24, 2.45) is 0 Å². The normalized spacial score (nSPS) is 31.5. The molecule has 1 fully saturated rings. The molecule has 3 N–H and O–H groups in total. The summed E-state index contributed by atoms with van der Waals surface area (Å²) in [5, 5.41) is 22.8. The lowest BCUT2D eigenvalue weighted by Crippen LogP contribution is -2.53. The maximum Gasteiger partial charge on any atom is 0.0741 e. The molecule has 0 radical (unpaired) electrons. The van der Waals surface area contributed by atoms with Gasteiger partial charge in [-0.1, -0.05) is 12.8 Å². The van der Waals surface area contributed by atoms with E-state index in [1.807, 2.05) is 6.92 Å². The number of nitrogens with one attached hydrogen (secondary N) is 1. The van der Waals surface area contributed by atoms with Crippen LogP contribution in [0.5, 0.6) is 0 Å². The molecule has 0 amide bonds. The van der Waals surface area contributed by atoms with Crippen molar-refractivity contribution in [3.8, 4) is 0 Å². The minimum Gasteiger partial charge on any atom is -0.392 e. The zero-order valence-corrected chi connectivity index (χ0v) is 9.45. The number of aliphatic hydroxyl groups is 2. The second-order valence-corrected chi connectivity index (χ2v) is 5.00. The van der Waals surface area contributed by atoms with E-state index in [2.05, 4.69) is 5.32 Å². The van der Waals surface area contributed by atoms with Gasteiger partial charge in [-0.3, -0.25) is 0 Å². The largest absolute Gasteiger partial charge is 0.392 e. The molecule has 1 unspecified atom stereocenters. The number of aliphatic hydroxyl groups excluding tert-OH is 1. The van der Waals surface area contributed by atoms with Gasteiger partial charge < -0.3 is 15.5 Å². The van der Waals surface area contributed by atoms with Crippen LogP contribution in [0.1, 0.15) is 46.5 Å². The van der Waals surface area contributed by atoms with Crippen LogP contribution in [0.2, 0.25) is 0 Å². The zero-order chi connectivity index (χ0) is 10.8. The van der Waals surface area contributed by atoms with E-state index in [0.29, 0.717) is 0 Å². The lowest BCUT2D eigenvalue weighted by atomic mass is 9.90. The molecule has 0 saturated heterocycles. The molecule has 84 valence electrons. The second-order valence-electron chi connectivity index (χ2n) is 5.00. The second kappa shape index (κ2) is 4.60. The molecule has 14 heavy (non-hydrogen) atoms. The average Bonchev–Trinajstić information content (AvgIpc) is 2.07. The molecule has 3 atom stereocenters. The van der Waals surface area contributed by atoms with Crippen molar-refractivity contribution in [2.75, 3.05) is 0 Å². The van der Waals surface area contributed by atoms with E-state index in [9.17, 15) is 10.2 Å². The third kappa shape index (κ3) is 3.23. The molecular formula is C11H23NO2. The van der Waals surface area contributed by atoms with Gasteiger partial charge in [0.05, 0.1) is 11.7 Å². The van der Waals surface area contributed by atoms with Crippen LogP contribution in [0.4, 0.5) is 0 Å². The highest BCUT2D eigenvalue weighted by Crippen LogP contribution is 2.20. The summed E-state index contributed by atoms with van der Waals surface area (Å²) in [6, 6.07) is 0.172. The van der Waals surface area contributed by atoms with Crippen LogP contribution in [0.25, 0.3) is 0 Å². The highest BCUT2D eigenvalue weighted by Gasteiger charge is 2.29. The minimum absolute atomic E-state index is 0.0141. The first-order valence-corrected chi connectivity index (χ1v) is 5.58. The van der Waals surface area contributed by atoms with Crippen LogP contribution in [-0.4, -0.2) is 34.0 Å². The van der Waals surface area contributed by atoms with Gasteiger partial charge in [0.25, 0.3) is 0 Å². The quantitative estimate of drug-likeness (QED) is 0.639. The van der Waals surface area contributed by atoms with E-state index in [4.69, 9.17) is 0 Å². The summed E-state index contributed by atoms with van der Waals surface area (Å²) in [5.74, 6) is 0. The number of rotatable bonds is 3. The van der Waals surface area contributed by atoms with Crippen molar-refractivity contribution in [1.29, 1.82) is 0 Å². The Kier molecular flexibility index (Phi) is 3.93. The van der Waals surface area contributed by atoms with E-state index in [0.717, 1.165) is 19.3 Å². The molecule has 0 aromatic rings. The maximum absolute atomic E-state index is 9.76. The molecule has 1 rings (SSSR count). The van der Waals surface area contributed by atoms with E-state index >= 15 is 0 Å². The maximum atomic E-state index is 9.76. The van der Waals surface area contributed by atoms with Crippen LogP contribution < -0.4 is 5.32 Å². The van der Waals surface area contributed by atoms with Crippen LogP contribution >= 0.6 is 0 Å². The summed E-state index contributed by atoms with van der Waals surface area (Å²) in [6.07, 6.45) is 3.95. The molecule has 0 spiro atoms. The van der Waals surface area contributed by atoms with Crippen LogP contribution in [0, 0.1) is 0 Å². The Labute approximate surface area is 86.5 Å². The summed E-state index contributed by atoms with van der Waals surface area (Å²) < 4.78 is 0. The highest BCUT2D eigenvalue weighted by atomic mass is 16.3. The highest BCUT2D eigenvalue weighted by molar-refractivity contribution is 4.87. The number of hydrogen-bond acceptors (Lipinski definition) is 3. The Hall–Kier alpha value is -0.120. The Morgan fingerprint density at radius 1 is 1.29 bits per heavy atom. The summed E-state index contributed by atoms with van der Waals surface area (Å²) >= 11 is 0. The van der Waals surface area contributed by atoms with Crippen LogP contribution in [0.15, 0.2) is 0 Å². The third-order valence-corrected chi connectivity index (χ3v) is 3.25. The third-order valence-electron chi connectivity index (χ3n) is 3.25. The molecule has 1 saturated carbocycles. The first-order valence-electron chi connectivity index (χ1n) is 5.58. The topological polar surface area (TPSA) is 52.5 Å². The molecule has 0 bridgehead atoms. The lowest BCUT2D eigenvalue weighted by Gasteiger charge is -2.35. The zero-order valence-electron chi connectivity index (χ0n) is 9.45. The monoisotopic (exact) mass is 201 g/mol. The van der Waals surface area contributed by atoms with Crippen molar-refractivity contribution >= 4 is 0 Å². The minimum atomic E-state index is -0.725. The molecule has 1 aliphatic rings. The van der Waals surface area contributed by atoms with Gasteiger partial charge in [-0.05, 0) is 33.6 Å². The first kappa shape index (κ1) is 12.0. The van der Waals surface area contributed by atoms with Crippen LogP contribution in [-0.2, 0) is 0 Å². The SMILES string of the molecule is CC(N[C@H]1CCCC[C@@H]1O)C(C)(C)O. The molecule has 0 heterocycles. The molecule has 3 nitrogen and oxygen atoms in total. The van der Waals surface area contributed by atoms with E-state index in [1.54, 1.807) is 13.8 Å². The van der Waals surface area contributed by atoms with E-state index < -0.39 is 5.60 Å². The standard InChI is InChI=1S/C11H23NO2/c1-8(11(2,3)14)12-9-6-4-5-7-10(9)13/h8-10,12-14H,4-7H2,1-3H3/t8?,9-,10-/m0/s1. The Morgan fingerprint density at radius 3 is 2.36 bits per heavy atom. The van der Waals surface area contributed by atoms with E-state index in [-0.39, 0.29) is 18.2 Å². The van der Waals surface area contributed by atoms with Gasteiger partial charge in [0.15, 0.2) is 0 Å². The van der Waals surface area contributed by atoms with Crippen molar-refractivity contribution in [3.63, 3.8) is 0 Å². The first-order chi connectivity index (χ1) is 6.41. The van der Waals surface area contributed by atoms with Gasteiger partial charge in [-0.15, -0.1) is 0 Å². The summed E-state index contributed by atoms with van der Waals surface area (Å²) in [4.78, 5) is 0. The van der Waals surface area contributed by atoms with Gasteiger partial charge in [0, 0.05) is 12.1 Å². The average molecular weight is 201 g/mol. The molecule has 1 aliphatic carbocycles. The van der Waals surface area contributed by atoms with Gasteiger partial charge in [-0.25, -0.2) is 0 Å². The predicted molar refractivity (Wildman–Crippen MR) is 57.2 cm³/mol. The molecule has 0 aromatic carbocycles. The van der Waals surface area contributed by atoms with Gasteiger partial charge >= 0.3 is 0 Å². The summed E-state index contributed by atoms with van der Waals surface area (Å²) in [7, 11) is 0.